The van der Waals surface area contributed by atoms with Gasteiger partial charge in [-0.15, -0.1) is 0 Å². The molecule has 0 bridgehead atoms. The van der Waals surface area contributed by atoms with Crippen LogP contribution in [0.5, 0.6) is 5.88 Å². The molecule has 158 valence electrons. The molecule has 0 N–H and O–H groups in total. The number of ether oxygens (including phenoxy) is 1. The zero-order valence-corrected chi connectivity index (χ0v) is 17.2. The Kier molecular flexibility index (Phi) is 6.89. The van der Waals surface area contributed by atoms with Crippen molar-refractivity contribution in [1.82, 2.24) is 9.78 Å². The molecule has 0 saturated heterocycles. The molecule has 0 radical (unpaired) electrons. The molecule has 0 fully saturated rings. The first-order chi connectivity index (χ1) is 14.2. The fourth-order valence-corrected chi connectivity index (χ4v) is 3.02. The van der Waals surface area contributed by atoms with E-state index >= 15 is 0 Å². The molecular weight excluding hydrogens is 442 g/mol. The van der Waals surface area contributed by atoms with Gasteiger partial charge in [-0.3, -0.25) is 0 Å². The van der Waals surface area contributed by atoms with E-state index in [9.17, 15) is 13.2 Å². The van der Waals surface area contributed by atoms with Crippen LogP contribution in [0.3, 0.4) is 0 Å². The summed E-state index contributed by atoms with van der Waals surface area (Å²) in [6.07, 6.45) is -4.57. The lowest BCUT2D eigenvalue weighted by molar-refractivity contribution is -0.141. The Morgan fingerprint density at radius 3 is 2.47 bits per heavy atom. The van der Waals surface area contributed by atoms with E-state index in [1.165, 1.54) is 13.1 Å². The Labute approximate surface area is 180 Å². The summed E-state index contributed by atoms with van der Waals surface area (Å²) in [6, 6.07) is 14.9. The van der Waals surface area contributed by atoms with Crippen LogP contribution >= 0.6 is 23.2 Å². The highest BCUT2D eigenvalue weighted by Gasteiger charge is 2.35. The molecule has 1 aromatic heterocycles. The molecule has 0 atom stereocenters. The average molecular weight is 458 g/mol. The normalized spacial score (nSPS) is 12.1. The largest absolute Gasteiger partial charge is 0.471 e. The van der Waals surface area contributed by atoms with Gasteiger partial charge in [0.15, 0.2) is 5.69 Å². The lowest BCUT2D eigenvalue weighted by Gasteiger charge is -2.11. The van der Waals surface area contributed by atoms with E-state index in [-0.39, 0.29) is 24.8 Å². The first kappa shape index (κ1) is 22.0. The third kappa shape index (κ3) is 5.67. The van der Waals surface area contributed by atoms with Gasteiger partial charge in [0.25, 0.3) is 0 Å². The van der Waals surface area contributed by atoms with Gasteiger partial charge in [-0.2, -0.15) is 18.3 Å². The highest BCUT2D eigenvalue weighted by atomic mass is 35.5. The van der Waals surface area contributed by atoms with E-state index in [0.29, 0.717) is 15.6 Å². The van der Waals surface area contributed by atoms with Crippen LogP contribution in [0.2, 0.25) is 10.0 Å². The van der Waals surface area contributed by atoms with Gasteiger partial charge in [0.05, 0.1) is 5.02 Å². The number of hydrogen-bond donors (Lipinski definition) is 0. The van der Waals surface area contributed by atoms with Gasteiger partial charge in [-0.1, -0.05) is 58.7 Å². The van der Waals surface area contributed by atoms with Crippen LogP contribution in [0, 0.1) is 0 Å². The maximum absolute atomic E-state index is 12.9. The molecule has 3 rings (SSSR count). The number of halogens is 5. The van der Waals surface area contributed by atoms with Crippen molar-refractivity contribution in [3.8, 4) is 5.88 Å². The Hall–Kier alpha value is -2.71. The van der Waals surface area contributed by atoms with E-state index in [4.69, 9.17) is 32.8 Å². The van der Waals surface area contributed by atoms with Crippen LogP contribution in [0.15, 0.2) is 59.8 Å². The molecule has 0 unspecified atom stereocenters. The monoisotopic (exact) mass is 457 g/mol. The summed E-state index contributed by atoms with van der Waals surface area (Å²) in [5.41, 5.74) is 0.600. The molecule has 1 heterocycles. The van der Waals surface area contributed by atoms with E-state index in [1.54, 1.807) is 12.1 Å². The number of rotatable bonds is 7. The van der Waals surface area contributed by atoms with Crippen LogP contribution in [0.1, 0.15) is 16.8 Å². The zero-order valence-electron chi connectivity index (χ0n) is 15.7. The lowest BCUT2D eigenvalue weighted by atomic mass is 10.1. The molecular formula is C20H16Cl2F3N3O2. The average Bonchev–Trinajstić information content (AvgIpc) is 3.07. The van der Waals surface area contributed by atoms with Gasteiger partial charge in [0.2, 0.25) is 5.88 Å². The quantitative estimate of drug-likeness (QED) is 0.335. The second-order valence-corrected chi connectivity index (χ2v) is 7.04. The standard InChI is InChI=1S/C20H16Cl2F3N3O2/c1-28-19(10-18(26-28)20(23,24)25)29-12-17(15-8-7-14(21)9-16(15)22)27-30-11-13-5-3-2-4-6-13/h2-10H,11-12H2,1H3/b27-17-. The number of nitrogens with zero attached hydrogens (tertiary/aromatic N) is 3. The summed E-state index contributed by atoms with van der Waals surface area (Å²) in [7, 11) is 1.35. The molecule has 0 aliphatic rings. The SMILES string of the molecule is Cn1nc(C(F)(F)F)cc1OC/C(=N/OCc1ccccc1)c1ccc(Cl)cc1Cl. The van der Waals surface area contributed by atoms with Gasteiger partial charge in [-0.05, 0) is 23.8 Å². The maximum Gasteiger partial charge on any atom is 0.435 e. The number of alkyl halides is 3. The van der Waals surface area contributed by atoms with Crippen molar-refractivity contribution in [3.63, 3.8) is 0 Å². The lowest BCUT2D eigenvalue weighted by Crippen LogP contribution is -2.15. The topological polar surface area (TPSA) is 48.6 Å². The van der Waals surface area contributed by atoms with Gasteiger partial charge < -0.3 is 9.57 Å². The van der Waals surface area contributed by atoms with Gasteiger partial charge in [0.1, 0.15) is 18.9 Å². The number of aromatic nitrogens is 2. The van der Waals surface area contributed by atoms with Crippen LogP contribution in [-0.4, -0.2) is 22.1 Å². The predicted molar refractivity (Wildman–Crippen MR) is 108 cm³/mol. The molecule has 0 aliphatic heterocycles. The molecule has 0 spiro atoms. The predicted octanol–water partition coefficient (Wildman–Crippen LogP) is 5.75. The molecule has 0 saturated carbocycles. The van der Waals surface area contributed by atoms with Gasteiger partial charge in [-0.25, -0.2) is 4.68 Å². The third-order valence-electron chi connectivity index (χ3n) is 3.97. The second kappa shape index (κ2) is 9.40. The maximum atomic E-state index is 12.9. The van der Waals surface area contributed by atoms with Crippen LogP contribution in [0.4, 0.5) is 13.2 Å². The van der Waals surface area contributed by atoms with Crippen LogP contribution in [0.25, 0.3) is 0 Å². The summed E-state index contributed by atoms with van der Waals surface area (Å²) in [5.74, 6) is -0.0804. The van der Waals surface area contributed by atoms with Crippen molar-refractivity contribution in [1.29, 1.82) is 0 Å². The highest BCUT2D eigenvalue weighted by Crippen LogP contribution is 2.30. The minimum absolute atomic E-state index is 0.0804. The second-order valence-electron chi connectivity index (χ2n) is 6.20. The molecule has 30 heavy (non-hydrogen) atoms. The minimum Gasteiger partial charge on any atom is -0.471 e. The fraction of sp³-hybridized carbons (Fsp3) is 0.200. The van der Waals surface area contributed by atoms with Gasteiger partial charge in [0, 0.05) is 23.7 Å². The van der Waals surface area contributed by atoms with Crippen LogP contribution in [-0.2, 0) is 24.7 Å². The Morgan fingerprint density at radius 2 is 1.83 bits per heavy atom. The minimum atomic E-state index is -4.57. The number of oxime groups is 1. The Morgan fingerprint density at radius 1 is 1.10 bits per heavy atom. The molecule has 0 aliphatic carbocycles. The summed E-state index contributed by atoms with van der Waals surface area (Å²) >= 11 is 12.2. The molecule has 0 amide bonds. The Balaban J connectivity index is 1.80. The first-order valence-electron chi connectivity index (χ1n) is 8.66. The van der Waals surface area contributed by atoms with E-state index < -0.39 is 11.9 Å². The highest BCUT2D eigenvalue weighted by molar-refractivity contribution is 6.37. The number of benzene rings is 2. The van der Waals surface area contributed by atoms with Crippen molar-refractivity contribution in [3.05, 3.63) is 81.5 Å². The van der Waals surface area contributed by atoms with Gasteiger partial charge >= 0.3 is 6.18 Å². The summed E-state index contributed by atoms with van der Waals surface area (Å²) in [6.45, 7) is -0.00749. The molecule has 3 aromatic rings. The van der Waals surface area contributed by atoms with E-state index in [2.05, 4.69) is 10.3 Å². The zero-order chi connectivity index (χ0) is 21.7. The fourth-order valence-electron chi connectivity index (χ4n) is 2.50. The molecule has 5 nitrogen and oxygen atoms in total. The summed E-state index contributed by atoms with van der Waals surface area (Å²) < 4.78 is 45.1. The van der Waals surface area contributed by atoms with Crippen LogP contribution < -0.4 is 4.74 Å². The number of aryl methyl sites for hydroxylation is 1. The smallest absolute Gasteiger partial charge is 0.435 e. The van der Waals surface area contributed by atoms with Crippen molar-refractivity contribution < 1.29 is 22.7 Å². The van der Waals surface area contributed by atoms with E-state index in [1.807, 2.05) is 30.3 Å². The summed E-state index contributed by atoms with van der Waals surface area (Å²) in [5, 5.41) is 8.23. The molecule has 10 heteroatoms. The van der Waals surface area contributed by atoms with Crippen molar-refractivity contribution in [2.45, 2.75) is 12.8 Å². The number of hydrogen-bond acceptors (Lipinski definition) is 4. The Bertz CT molecular complexity index is 1040. The first-order valence-corrected chi connectivity index (χ1v) is 9.42. The van der Waals surface area contributed by atoms with Crippen molar-refractivity contribution >= 4 is 28.9 Å². The van der Waals surface area contributed by atoms with Crippen molar-refractivity contribution in [2.75, 3.05) is 6.61 Å². The third-order valence-corrected chi connectivity index (χ3v) is 4.52. The van der Waals surface area contributed by atoms with Crippen molar-refractivity contribution in [2.24, 2.45) is 12.2 Å². The summed E-state index contributed by atoms with van der Waals surface area (Å²) in [4.78, 5) is 5.41. The molecule has 2 aromatic carbocycles. The van der Waals surface area contributed by atoms with E-state index in [0.717, 1.165) is 16.3 Å².